The second-order valence-electron chi connectivity index (χ2n) is 5.35. The zero-order valence-corrected chi connectivity index (χ0v) is 12.7. The van der Waals surface area contributed by atoms with Crippen LogP contribution in [-0.2, 0) is 6.54 Å². The third-order valence-corrected chi connectivity index (χ3v) is 3.74. The number of hydrogen-bond acceptors (Lipinski definition) is 4. The molecule has 6 heteroatoms. The van der Waals surface area contributed by atoms with Gasteiger partial charge in [0.05, 0.1) is 17.4 Å². The van der Waals surface area contributed by atoms with Gasteiger partial charge in [0.15, 0.2) is 11.5 Å². The van der Waals surface area contributed by atoms with Crippen molar-refractivity contribution in [3.8, 4) is 11.4 Å². The van der Waals surface area contributed by atoms with Gasteiger partial charge in [0.1, 0.15) is 6.26 Å². The van der Waals surface area contributed by atoms with E-state index < -0.39 is 0 Å². The lowest BCUT2D eigenvalue weighted by Crippen LogP contribution is -2.23. The van der Waals surface area contributed by atoms with Crippen molar-refractivity contribution >= 4 is 11.6 Å². The molecule has 0 aliphatic heterocycles. The van der Waals surface area contributed by atoms with Crippen LogP contribution in [0, 0.1) is 0 Å². The number of carbonyl (C=O) groups is 1. The smallest absolute Gasteiger partial charge is 0.253 e. The molecule has 0 saturated carbocycles. The van der Waals surface area contributed by atoms with Crippen molar-refractivity contribution in [3.05, 3.63) is 78.4 Å². The Balaban J connectivity index is 1.60. The molecule has 0 bridgehead atoms. The van der Waals surface area contributed by atoms with Crippen molar-refractivity contribution in [2.75, 3.05) is 0 Å². The van der Waals surface area contributed by atoms with E-state index in [9.17, 15) is 4.79 Å². The Morgan fingerprint density at radius 2 is 1.96 bits per heavy atom. The van der Waals surface area contributed by atoms with E-state index >= 15 is 0 Å². The molecule has 0 spiro atoms. The minimum absolute atomic E-state index is 0.146. The number of amides is 1. The molecule has 24 heavy (non-hydrogen) atoms. The number of carbonyl (C=O) groups excluding carboxylic acids is 1. The number of furan rings is 1. The molecule has 0 aliphatic rings. The zero-order valence-electron chi connectivity index (χ0n) is 12.7. The molecule has 4 rings (SSSR count). The summed E-state index contributed by atoms with van der Waals surface area (Å²) in [6.45, 7) is 0.481. The van der Waals surface area contributed by atoms with Crippen LogP contribution < -0.4 is 5.32 Å². The monoisotopic (exact) mass is 318 g/mol. The number of nitrogens with zero attached hydrogens (tertiary/aromatic N) is 3. The van der Waals surface area contributed by atoms with Crippen molar-refractivity contribution < 1.29 is 9.21 Å². The highest BCUT2D eigenvalue weighted by Gasteiger charge is 2.12. The molecular formula is C18H14N4O2. The topological polar surface area (TPSA) is 72.4 Å². The van der Waals surface area contributed by atoms with Gasteiger partial charge in [0.2, 0.25) is 0 Å². The summed E-state index contributed by atoms with van der Waals surface area (Å²) in [4.78, 5) is 12.4. The molecule has 6 nitrogen and oxygen atoms in total. The minimum Gasteiger partial charge on any atom is -0.472 e. The van der Waals surface area contributed by atoms with Crippen molar-refractivity contribution in [2.45, 2.75) is 6.54 Å². The molecule has 0 fully saturated rings. The van der Waals surface area contributed by atoms with Crippen LogP contribution in [0.15, 0.2) is 71.7 Å². The van der Waals surface area contributed by atoms with Crippen LogP contribution in [0.3, 0.4) is 0 Å². The van der Waals surface area contributed by atoms with Crippen LogP contribution in [-0.4, -0.2) is 20.5 Å². The van der Waals surface area contributed by atoms with Gasteiger partial charge in [-0.15, -0.1) is 10.2 Å². The van der Waals surface area contributed by atoms with Gasteiger partial charge in [-0.05, 0) is 23.8 Å². The summed E-state index contributed by atoms with van der Waals surface area (Å²) >= 11 is 0. The van der Waals surface area contributed by atoms with Gasteiger partial charge in [-0.3, -0.25) is 9.20 Å². The molecule has 0 aliphatic carbocycles. The van der Waals surface area contributed by atoms with E-state index in [0.29, 0.717) is 23.6 Å². The Kier molecular flexibility index (Phi) is 3.55. The normalized spacial score (nSPS) is 10.8. The predicted molar refractivity (Wildman–Crippen MR) is 88.3 cm³/mol. The maximum absolute atomic E-state index is 12.4. The molecule has 0 atom stereocenters. The molecule has 0 saturated heterocycles. The van der Waals surface area contributed by atoms with Gasteiger partial charge >= 0.3 is 0 Å². The summed E-state index contributed by atoms with van der Waals surface area (Å²) < 4.78 is 6.87. The van der Waals surface area contributed by atoms with Crippen LogP contribution in [0.2, 0.25) is 0 Å². The molecule has 0 radical (unpaired) electrons. The number of benzene rings is 1. The van der Waals surface area contributed by atoms with Crippen LogP contribution in [0.5, 0.6) is 0 Å². The number of fused-ring (bicyclic) bond motifs is 1. The summed E-state index contributed by atoms with van der Waals surface area (Å²) in [5, 5.41) is 11.2. The number of rotatable bonds is 4. The third-order valence-electron chi connectivity index (χ3n) is 3.74. The van der Waals surface area contributed by atoms with Crippen LogP contribution in [0.4, 0.5) is 0 Å². The number of pyridine rings is 1. The van der Waals surface area contributed by atoms with E-state index in [1.165, 1.54) is 0 Å². The summed E-state index contributed by atoms with van der Waals surface area (Å²) in [5.41, 5.74) is 3.08. The number of hydrogen-bond donors (Lipinski definition) is 1. The third kappa shape index (κ3) is 2.65. The summed E-state index contributed by atoms with van der Waals surface area (Å²) in [6.07, 6.45) is 4.91. The number of aromatic nitrogens is 3. The first-order valence-corrected chi connectivity index (χ1v) is 7.51. The first-order valence-electron chi connectivity index (χ1n) is 7.51. The quantitative estimate of drug-likeness (QED) is 0.628. The van der Waals surface area contributed by atoms with Crippen molar-refractivity contribution in [3.63, 3.8) is 0 Å². The van der Waals surface area contributed by atoms with Gasteiger partial charge in [-0.1, -0.05) is 30.3 Å². The van der Waals surface area contributed by atoms with Gasteiger partial charge in [-0.2, -0.15) is 0 Å². The lowest BCUT2D eigenvalue weighted by atomic mass is 10.2. The molecule has 3 heterocycles. The molecule has 4 aromatic rings. The lowest BCUT2D eigenvalue weighted by molar-refractivity contribution is 0.0950. The molecule has 3 aromatic heterocycles. The minimum atomic E-state index is -0.146. The molecule has 1 amide bonds. The molecule has 0 unspecified atom stereocenters. The van der Waals surface area contributed by atoms with Gasteiger partial charge in [0.25, 0.3) is 5.91 Å². The van der Waals surface area contributed by atoms with E-state index in [1.807, 2.05) is 30.3 Å². The molecule has 1 N–H and O–H groups in total. The van der Waals surface area contributed by atoms with E-state index in [1.54, 1.807) is 41.3 Å². The summed E-state index contributed by atoms with van der Waals surface area (Å²) in [5.74, 6) is 0.490. The van der Waals surface area contributed by atoms with Crippen LogP contribution in [0.25, 0.3) is 17.0 Å². The van der Waals surface area contributed by atoms with E-state index in [4.69, 9.17) is 4.42 Å². The fourth-order valence-electron chi connectivity index (χ4n) is 2.49. The van der Waals surface area contributed by atoms with Gasteiger partial charge in [-0.25, -0.2) is 0 Å². The predicted octanol–water partition coefficient (Wildman–Crippen LogP) is 2.92. The van der Waals surface area contributed by atoms with Gasteiger partial charge in [0, 0.05) is 12.7 Å². The SMILES string of the molecule is O=C(NCc1ccccc1)c1ccc2nnc(-c3ccoc3)n2c1. The van der Waals surface area contributed by atoms with E-state index in [2.05, 4.69) is 15.5 Å². The average Bonchev–Trinajstić information content (AvgIpc) is 3.29. The standard InChI is InChI=1S/C18H14N4O2/c23-18(19-10-13-4-2-1-3-5-13)14-6-7-16-20-21-17(22(16)11-14)15-8-9-24-12-15/h1-9,11-12H,10H2,(H,19,23). The zero-order chi connectivity index (χ0) is 16.4. The van der Waals surface area contributed by atoms with Crippen LogP contribution in [0.1, 0.15) is 15.9 Å². The highest BCUT2D eigenvalue weighted by atomic mass is 16.3. The van der Waals surface area contributed by atoms with Crippen molar-refractivity contribution in [1.82, 2.24) is 19.9 Å². The first kappa shape index (κ1) is 14.2. The largest absolute Gasteiger partial charge is 0.472 e. The van der Waals surface area contributed by atoms with E-state index in [-0.39, 0.29) is 5.91 Å². The Hall–Kier alpha value is -3.41. The molecule has 118 valence electrons. The van der Waals surface area contributed by atoms with E-state index in [0.717, 1.165) is 11.1 Å². The van der Waals surface area contributed by atoms with Crippen molar-refractivity contribution in [2.24, 2.45) is 0 Å². The Bertz CT molecular complexity index is 975. The second-order valence-corrected chi connectivity index (χ2v) is 5.35. The van der Waals surface area contributed by atoms with Crippen molar-refractivity contribution in [1.29, 1.82) is 0 Å². The average molecular weight is 318 g/mol. The highest BCUT2D eigenvalue weighted by molar-refractivity contribution is 5.94. The van der Waals surface area contributed by atoms with Gasteiger partial charge < -0.3 is 9.73 Å². The maximum atomic E-state index is 12.4. The Labute approximate surface area is 137 Å². The first-order chi connectivity index (χ1) is 11.8. The molecule has 1 aromatic carbocycles. The Morgan fingerprint density at radius 1 is 1.08 bits per heavy atom. The second kappa shape index (κ2) is 6.00. The summed E-state index contributed by atoms with van der Waals surface area (Å²) in [7, 11) is 0. The highest BCUT2D eigenvalue weighted by Crippen LogP contribution is 2.19. The summed E-state index contributed by atoms with van der Waals surface area (Å²) in [6, 6.07) is 15.1. The molecular weight excluding hydrogens is 304 g/mol. The fraction of sp³-hybridized carbons (Fsp3) is 0.0556. The maximum Gasteiger partial charge on any atom is 0.253 e. The van der Waals surface area contributed by atoms with Crippen LogP contribution >= 0.6 is 0 Å². The lowest BCUT2D eigenvalue weighted by Gasteiger charge is -2.06. The Morgan fingerprint density at radius 3 is 2.75 bits per heavy atom. The number of nitrogens with one attached hydrogen (secondary N) is 1. The fourth-order valence-corrected chi connectivity index (χ4v) is 2.49.